The Morgan fingerprint density at radius 3 is 1.77 bits per heavy atom. The van der Waals surface area contributed by atoms with Crippen molar-refractivity contribution in [2.75, 3.05) is 34.0 Å². The molecule has 3 aliphatic carbocycles. The highest BCUT2D eigenvalue weighted by atomic mass is 19.1. The van der Waals surface area contributed by atoms with Gasteiger partial charge in [0.15, 0.2) is 0 Å². The lowest BCUT2D eigenvalue weighted by Gasteiger charge is -2.14. The Balaban J connectivity index is 0.730. The van der Waals surface area contributed by atoms with E-state index in [2.05, 4.69) is 70.0 Å². The Hall–Kier alpha value is -7.75. The SMILES string of the molecule is CC(C)NC1CC1c1ccc(COC(=O)NCc2ccc(C(=O)Nc3cc(-c4ccc(N)c(NC(=O)c5ccc(NC(=O)OCc6ccc(C7CC7NCC7CC7)cc6)cc5)c4)c(F)cc3N)cc2)cc1. The van der Waals surface area contributed by atoms with E-state index in [1.165, 1.54) is 42.2 Å². The zero-order valence-electron chi connectivity index (χ0n) is 39.7. The first-order valence-electron chi connectivity index (χ1n) is 24.1. The lowest BCUT2D eigenvalue weighted by molar-refractivity contribution is 0.101. The molecule has 4 unspecified atom stereocenters. The molecule has 4 amide bonds. The van der Waals surface area contributed by atoms with E-state index in [-0.39, 0.29) is 53.6 Å². The van der Waals surface area contributed by atoms with Crippen LogP contribution in [0.5, 0.6) is 0 Å². The van der Waals surface area contributed by atoms with E-state index in [0.717, 1.165) is 48.1 Å². The number of benzene rings is 6. The molecule has 366 valence electrons. The molecule has 71 heavy (non-hydrogen) atoms. The summed E-state index contributed by atoms with van der Waals surface area (Å²) in [5.74, 6) is 0.279. The summed E-state index contributed by atoms with van der Waals surface area (Å²) in [7, 11) is 0. The van der Waals surface area contributed by atoms with E-state index < -0.39 is 29.8 Å². The van der Waals surface area contributed by atoms with Gasteiger partial charge in [0.2, 0.25) is 0 Å². The Morgan fingerprint density at radius 1 is 0.620 bits per heavy atom. The van der Waals surface area contributed by atoms with Crippen molar-refractivity contribution in [3.05, 3.63) is 172 Å². The van der Waals surface area contributed by atoms with Gasteiger partial charge in [-0.2, -0.15) is 0 Å². The quantitative estimate of drug-likeness (QED) is 0.0360. The molecular formula is C56H59FN8O6. The van der Waals surface area contributed by atoms with Crippen LogP contribution in [0.4, 0.5) is 42.4 Å². The normalized spacial score (nSPS) is 17.7. The molecule has 10 N–H and O–H groups in total. The molecule has 9 rings (SSSR count). The third-order valence-corrected chi connectivity index (χ3v) is 13.1. The third-order valence-electron chi connectivity index (χ3n) is 13.1. The highest BCUT2D eigenvalue weighted by Crippen LogP contribution is 2.42. The molecule has 0 heterocycles. The van der Waals surface area contributed by atoms with Crippen molar-refractivity contribution >= 4 is 52.4 Å². The van der Waals surface area contributed by atoms with Crippen LogP contribution in [0.25, 0.3) is 11.1 Å². The number of halogens is 1. The molecule has 0 bridgehead atoms. The summed E-state index contributed by atoms with van der Waals surface area (Å²) in [4.78, 5) is 51.8. The van der Waals surface area contributed by atoms with Crippen LogP contribution < -0.4 is 43.4 Å². The lowest BCUT2D eigenvalue weighted by atomic mass is 10.0. The molecule has 0 aliphatic heterocycles. The van der Waals surface area contributed by atoms with Gasteiger partial charge in [-0.15, -0.1) is 0 Å². The molecule has 6 aromatic rings. The summed E-state index contributed by atoms with van der Waals surface area (Å²) in [6, 6.07) is 37.9. The molecule has 3 fully saturated rings. The second kappa shape index (κ2) is 21.5. The predicted molar refractivity (Wildman–Crippen MR) is 274 cm³/mol. The fraction of sp³-hybridized carbons (Fsp3) is 0.286. The average Bonchev–Trinajstić information content (AvgIpc) is 4.26. The molecule has 3 saturated carbocycles. The van der Waals surface area contributed by atoms with Crippen LogP contribution in [-0.2, 0) is 29.2 Å². The zero-order valence-corrected chi connectivity index (χ0v) is 39.7. The Morgan fingerprint density at radius 2 is 1.17 bits per heavy atom. The number of nitrogens with two attached hydrogens (primary N) is 2. The fourth-order valence-electron chi connectivity index (χ4n) is 8.62. The predicted octanol–water partition coefficient (Wildman–Crippen LogP) is 10.0. The number of hydrogen-bond acceptors (Lipinski definition) is 10. The van der Waals surface area contributed by atoms with Crippen molar-refractivity contribution in [3.8, 4) is 11.1 Å². The highest BCUT2D eigenvalue weighted by Gasteiger charge is 2.39. The van der Waals surface area contributed by atoms with Gasteiger partial charge in [-0.05, 0) is 132 Å². The van der Waals surface area contributed by atoms with Crippen LogP contribution >= 0.6 is 0 Å². The first-order valence-corrected chi connectivity index (χ1v) is 24.1. The van der Waals surface area contributed by atoms with E-state index in [4.69, 9.17) is 20.9 Å². The fourth-order valence-corrected chi connectivity index (χ4v) is 8.62. The van der Waals surface area contributed by atoms with Crippen LogP contribution in [0.2, 0.25) is 0 Å². The molecule has 15 heteroatoms. The maximum Gasteiger partial charge on any atom is 0.411 e. The van der Waals surface area contributed by atoms with Crippen LogP contribution in [0.1, 0.15) is 99.9 Å². The Labute approximate surface area is 412 Å². The number of nitrogen functional groups attached to an aromatic ring is 2. The minimum atomic E-state index is -0.657. The van der Waals surface area contributed by atoms with Crippen LogP contribution in [0, 0.1) is 11.7 Å². The summed E-state index contributed by atoms with van der Waals surface area (Å²) in [5.41, 5.74) is 19.6. The summed E-state index contributed by atoms with van der Waals surface area (Å²) < 4.78 is 26.4. The van der Waals surface area contributed by atoms with E-state index in [1.54, 1.807) is 54.6 Å². The summed E-state index contributed by atoms with van der Waals surface area (Å²) in [6.45, 7) is 5.84. The summed E-state index contributed by atoms with van der Waals surface area (Å²) in [5, 5.41) is 18.2. The minimum absolute atomic E-state index is 0.00376. The monoisotopic (exact) mass is 958 g/mol. The minimum Gasteiger partial charge on any atom is -0.445 e. The summed E-state index contributed by atoms with van der Waals surface area (Å²) in [6.07, 6.45) is 3.76. The van der Waals surface area contributed by atoms with E-state index in [0.29, 0.717) is 46.8 Å². The summed E-state index contributed by atoms with van der Waals surface area (Å²) >= 11 is 0. The zero-order chi connectivity index (χ0) is 49.6. The van der Waals surface area contributed by atoms with Gasteiger partial charge in [0, 0.05) is 58.9 Å². The second-order valence-electron chi connectivity index (χ2n) is 19.1. The number of ether oxygens (including phenoxy) is 2. The van der Waals surface area contributed by atoms with E-state index in [1.807, 2.05) is 24.3 Å². The lowest BCUT2D eigenvalue weighted by Crippen LogP contribution is -2.25. The van der Waals surface area contributed by atoms with Crippen molar-refractivity contribution in [3.63, 3.8) is 0 Å². The van der Waals surface area contributed by atoms with Gasteiger partial charge in [-0.25, -0.2) is 14.0 Å². The van der Waals surface area contributed by atoms with Gasteiger partial charge in [0.05, 0.1) is 22.7 Å². The Bertz CT molecular complexity index is 2890. The smallest absolute Gasteiger partial charge is 0.411 e. The molecule has 0 saturated heterocycles. The number of amides is 4. The van der Waals surface area contributed by atoms with Gasteiger partial charge in [-0.1, -0.05) is 80.6 Å². The number of alkyl carbamates (subject to hydrolysis) is 1. The third kappa shape index (κ3) is 12.9. The first-order chi connectivity index (χ1) is 34.3. The molecular weight excluding hydrogens is 900 g/mol. The first kappa shape index (κ1) is 48.3. The molecule has 0 radical (unpaired) electrons. The number of nitrogens with one attached hydrogen (secondary N) is 6. The van der Waals surface area contributed by atoms with Gasteiger partial charge in [0.25, 0.3) is 11.8 Å². The van der Waals surface area contributed by atoms with Gasteiger partial charge in [0.1, 0.15) is 19.0 Å². The average molecular weight is 959 g/mol. The number of anilines is 5. The standard InChI is InChI=1S/C56H59FN8O6/c1-32(2)62-50-26-45(50)38-13-9-35(10-14-38)30-70-55(68)61-29-34-5-15-39(16-6-34)53(66)65-52-24-43(46(57)27-48(52)59)41-19-22-47(58)51(23-41)64-54(67)40-17-20-42(21-18-40)63-56(69)71-31-36-7-11-37(12-8-36)44-25-49(44)60-28-33-3-4-33/h5-24,27,32-33,44-45,49-50,60,62H,3-4,25-26,28-31,58-59H2,1-2H3,(H,61,68)(H,63,69)(H,64,67)(H,65,66). The molecule has 6 aromatic carbocycles. The highest BCUT2D eigenvalue weighted by molar-refractivity contribution is 6.07. The number of carbonyl (C=O) groups is 4. The number of carbonyl (C=O) groups excluding carboxylic acids is 4. The molecule has 0 aromatic heterocycles. The number of rotatable bonds is 19. The largest absolute Gasteiger partial charge is 0.445 e. The Kier molecular flexibility index (Phi) is 14.6. The van der Waals surface area contributed by atoms with Crippen molar-refractivity contribution in [1.29, 1.82) is 0 Å². The maximum atomic E-state index is 15.5. The van der Waals surface area contributed by atoms with Crippen molar-refractivity contribution in [2.24, 2.45) is 5.92 Å². The molecule has 14 nitrogen and oxygen atoms in total. The van der Waals surface area contributed by atoms with Gasteiger partial charge in [-0.3, -0.25) is 14.9 Å². The van der Waals surface area contributed by atoms with Crippen LogP contribution in [0.3, 0.4) is 0 Å². The van der Waals surface area contributed by atoms with E-state index >= 15 is 4.39 Å². The van der Waals surface area contributed by atoms with Crippen LogP contribution in [-0.4, -0.2) is 48.7 Å². The van der Waals surface area contributed by atoms with Crippen LogP contribution in [0.15, 0.2) is 127 Å². The van der Waals surface area contributed by atoms with Crippen molar-refractivity contribution in [1.82, 2.24) is 16.0 Å². The maximum absolute atomic E-state index is 15.5. The molecule has 0 spiro atoms. The van der Waals surface area contributed by atoms with E-state index in [9.17, 15) is 19.2 Å². The van der Waals surface area contributed by atoms with Gasteiger partial charge < -0.3 is 47.5 Å². The van der Waals surface area contributed by atoms with Crippen molar-refractivity contribution < 1.29 is 33.0 Å². The van der Waals surface area contributed by atoms with Gasteiger partial charge >= 0.3 is 12.2 Å². The molecule has 3 aliphatic rings. The topological polar surface area (TPSA) is 211 Å². The number of hydrogen-bond donors (Lipinski definition) is 8. The second-order valence-corrected chi connectivity index (χ2v) is 19.1. The molecule has 4 atom stereocenters. The van der Waals surface area contributed by atoms with Crippen molar-refractivity contribution in [2.45, 2.75) is 89.3 Å².